The molecule has 0 aromatic heterocycles. The molecule has 2 aromatic carbocycles. The number of amides is 3. The minimum absolute atomic E-state index is 0.0573. The summed E-state index contributed by atoms with van der Waals surface area (Å²) in [5.41, 5.74) is 1.16. The molecule has 0 saturated heterocycles. The maximum absolute atomic E-state index is 14.3. The largest absolute Gasteiger partial charge is 0.496 e. The first-order chi connectivity index (χ1) is 20.5. The van der Waals surface area contributed by atoms with Crippen molar-refractivity contribution >= 4 is 29.8 Å². The van der Waals surface area contributed by atoms with Crippen LogP contribution in [0.15, 0.2) is 36.4 Å². The van der Waals surface area contributed by atoms with Gasteiger partial charge in [-0.2, -0.15) is 0 Å². The zero-order valence-electron chi connectivity index (χ0n) is 27.3. The third kappa shape index (κ3) is 9.29. The van der Waals surface area contributed by atoms with Crippen LogP contribution >= 0.6 is 0 Å². The van der Waals surface area contributed by atoms with Gasteiger partial charge in [-0.1, -0.05) is 44.0 Å². The molecule has 11 heteroatoms. The first-order valence-corrected chi connectivity index (χ1v) is 14.5. The van der Waals surface area contributed by atoms with Crippen LogP contribution in [0.1, 0.15) is 91.8 Å². The zero-order valence-corrected chi connectivity index (χ0v) is 27.3. The molecule has 0 aliphatic carbocycles. The maximum Gasteiger partial charge on any atom is 0.439 e. The van der Waals surface area contributed by atoms with Crippen molar-refractivity contribution in [2.45, 2.75) is 87.0 Å². The molecule has 1 unspecified atom stereocenters. The fourth-order valence-electron chi connectivity index (χ4n) is 4.30. The summed E-state index contributed by atoms with van der Waals surface area (Å²) in [6, 6.07) is 9.90. The lowest BCUT2D eigenvalue weighted by molar-refractivity contribution is -0.180. The van der Waals surface area contributed by atoms with Crippen molar-refractivity contribution in [3.05, 3.63) is 64.2 Å². The standard InChI is InChI=1S/C33H44N2O9/c1-11-15-42-27(36)19-28(43-31(39)20(2)3)44-32(40)34(30(38)25-13-12-14-26(41-10)23(25)6)35(33(7,8)9)29(37)24-17-21(4)16-22(5)18-24/h12-14,16-18,20,28H,11,15,19H2,1-10H3. The molecule has 11 nitrogen and oxygen atoms in total. The Kier molecular flexibility index (Phi) is 12.5. The van der Waals surface area contributed by atoms with Gasteiger partial charge in [0.1, 0.15) is 12.2 Å². The van der Waals surface area contributed by atoms with Crippen LogP contribution in [0.3, 0.4) is 0 Å². The molecular formula is C33H44N2O9. The lowest BCUT2D eigenvalue weighted by Crippen LogP contribution is -2.60. The van der Waals surface area contributed by atoms with Crippen LogP contribution in [0.25, 0.3) is 0 Å². The number of carbonyl (C=O) groups is 5. The highest BCUT2D eigenvalue weighted by Crippen LogP contribution is 2.28. The number of methoxy groups -OCH3 is 1. The van der Waals surface area contributed by atoms with Crippen molar-refractivity contribution in [2.75, 3.05) is 13.7 Å². The summed E-state index contributed by atoms with van der Waals surface area (Å²) < 4.78 is 21.3. The summed E-state index contributed by atoms with van der Waals surface area (Å²) in [4.78, 5) is 67.5. The van der Waals surface area contributed by atoms with E-state index in [1.807, 2.05) is 19.9 Å². The lowest BCUT2D eigenvalue weighted by atomic mass is 10.0. The fourth-order valence-corrected chi connectivity index (χ4v) is 4.30. The van der Waals surface area contributed by atoms with E-state index in [-0.39, 0.29) is 17.7 Å². The second-order valence-corrected chi connectivity index (χ2v) is 11.7. The van der Waals surface area contributed by atoms with E-state index in [9.17, 15) is 24.0 Å². The minimum Gasteiger partial charge on any atom is -0.496 e. The summed E-state index contributed by atoms with van der Waals surface area (Å²) >= 11 is 0. The molecule has 2 aromatic rings. The van der Waals surface area contributed by atoms with Crippen molar-refractivity contribution < 1.29 is 42.9 Å². The smallest absolute Gasteiger partial charge is 0.439 e. The number of hydrogen-bond donors (Lipinski definition) is 0. The summed E-state index contributed by atoms with van der Waals surface area (Å²) in [6.45, 7) is 15.3. The number of esters is 2. The van der Waals surface area contributed by atoms with Crippen LogP contribution in [-0.2, 0) is 23.8 Å². The van der Waals surface area contributed by atoms with Gasteiger partial charge in [-0.25, -0.2) is 9.80 Å². The molecule has 240 valence electrons. The van der Waals surface area contributed by atoms with Gasteiger partial charge >= 0.3 is 18.0 Å². The van der Waals surface area contributed by atoms with Crippen LogP contribution in [-0.4, -0.2) is 65.4 Å². The molecule has 0 aliphatic heterocycles. The van der Waals surface area contributed by atoms with E-state index in [0.29, 0.717) is 22.7 Å². The van der Waals surface area contributed by atoms with E-state index in [0.717, 1.165) is 16.1 Å². The minimum atomic E-state index is -1.73. The monoisotopic (exact) mass is 612 g/mol. The molecule has 2 rings (SSSR count). The van der Waals surface area contributed by atoms with E-state index in [2.05, 4.69) is 0 Å². The molecule has 0 radical (unpaired) electrons. The lowest BCUT2D eigenvalue weighted by Gasteiger charge is -2.41. The average Bonchev–Trinajstić information content (AvgIpc) is 2.92. The molecular weight excluding hydrogens is 568 g/mol. The van der Waals surface area contributed by atoms with Crippen molar-refractivity contribution in [2.24, 2.45) is 5.92 Å². The van der Waals surface area contributed by atoms with Crippen LogP contribution in [0.4, 0.5) is 4.79 Å². The highest BCUT2D eigenvalue weighted by molar-refractivity contribution is 6.07. The number of imide groups is 1. The highest BCUT2D eigenvalue weighted by atomic mass is 16.7. The second kappa shape index (κ2) is 15.4. The molecule has 3 amide bonds. The van der Waals surface area contributed by atoms with Gasteiger partial charge in [0.2, 0.25) is 0 Å². The number of hydrogen-bond acceptors (Lipinski definition) is 9. The Morgan fingerprint density at radius 1 is 0.886 bits per heavy atom. The van der Waals surface area contributed by atoms with Gasteiger partial charge in [0.05, 0.1) is 25.2 Å². The number of hydrazine groups is 1. The number of carbonyl (C=O) groups excluding carboxylic acids is 5. The third-order valence-electron chi connectivity index (χ3n) is 6.35. The molecule has 0 fully saturated rings. The Labute approximate surface area is 259 Å². The maximum atomic E-state index is 14.3. The first-order valence-electron chi connectivity index (χ1n) is 14.5. The average molecular weight is 613 g/mol. The van der Waals surface area contributed by atoms with Crippen molar-refractivity contribution in [3.8, 4) is 5.75 Å². The topological polar surface area (TPSA) is 129 Å². The van der Waals surface area contributed by atoms with E-state index in [4.69, 9.17) is 18.9 Å². The highest BCUT2D eigenvalue weighted by Gasteiger charge is 2.43. The molecule has 0 bridgehead atoms. The Morgan fingerprint density at radius 2 is 1.50 bits per heavy atom. The molecule has 0 spiro atoms. The number of benzene rings is 2. The van der Waals surface area contributed by atoms with Gasteiger partial charge in [0.15, 0.2) is 0 Å². The van der Waals surface area contributed by atoms with E-state index >= 15 is 0 Å². The molecule has 44 heavy (non-hydrogen) atoms. The Bertz CT molecular complexity index is 1360. The molecule has 0 aliphatic rings. The molecule has 0 saturated carbocycles. The fraction of sp³-hybridized carbons (Fsp3) is 0.485. The molecule has 1 atom stereocenters. The van der Waals surface area contributed by atoms with Crippen LogP contribution in [0.2, 0.25) is 0 Å². The van der Waals surface area contributed by atoms with Crippen molar-refractivity contribution in [3.63, 3.8) is 0 Å². The molecule has 0 heterocycles. The van der Waals surface area contributed by atoms with Crippen LogP contribution in [0.5, 0.6) is 5.75 Å². The first kappa shape index (κ1) is 35.8. The SMILES string of the molecule is CCCOC(=O)CC(OC(=O)C(C)C)OC(=O)N(C(=O)c1cccc(OC)c1C)N(C(=O)c1cc(C)cc(C)c1)C(C)(C)C. The number of aryl methyl sites for hydroxylation is 2. The number of ether oxygens (including phenoxy) is 4. The normalized spacial score (nSPS) is 11.8. The quantitative estimate of drug-likeness (QED) is 0.182. The summed E-state index contributed by atoms with van der Waals surface area (Å²) in [5.74, 6) is -3.31. The van der Waals surface area contributed by atoms with E-state index in [1.165, 1.54) is 13.2 Å². The van der Waals surface area contributed by atoms with Gasteiger partial charge in [-0.05, 0) is 72.2 Å². The van der Waals surface area contributed by atoms with E-state index in [1.54, 1.807) is 72.7 Å². The Morgan fingerprint density at radius 3 is 2.02 bits per heavy atom. The van der Waals surface area contributed by atoms with Gasteiger partial charge in [0.25, 0.3) is 18.1 Å². The van der Waals surface area contributed by atoms with Gasteiger partial charge < -0.3 is 18.9 Å². The predicted molar refractivity (Wildman–Crippen MR) is 163 cm³/mol. The second-order valence-electron chi connectivity index (χ2n) is 11.7. The predicted octanol–water partition coefficient (Wildman–Crippen LogP) is 5.92. The van der Waals surface area contributed by atoms with Crippen LogP contribution in [0, 0.1) is 26.7 Å². The van der Waals surface area contributed by atoms with Gasteiger partial charge in [-0.15, -0.1) is 5.01 Å². The van der Waals surface area contributed by atoms with Crippen molar-refractivity contribution in [1.29, 1.82) is 0 Å². The van der Waals surface area contributed by atoms with Gasteiger partial charge in [-0.3, -0.25) is 19.2 Å². The number of nitrogens with zero attached hydrogens (tertiary/aromatic N) is 2. The number of rotatable bonds is 10. The summed E-state index contributed by atoms with van der Waals surface area (Å²) in [7, 11) is 1.44. The van der Waals surface area contributed by atoms with Crippen LogP contribution < -0.4 is 4.74 Å². The summed E-state index contributed by atoms with van der Waals surface area (Å²) in [6.07, 6.45) is -3.15. The molecule has 0 N–H and O–H groups in total. The zero-order chi connectivity index (χ0) is 33.4. The van der Waals surface area contributed by atoms with Crippen molar-refractivity contribution in [1.82, 2.24) is 10.0 Å². The van der Waals surface area contributed by atoms with E-state index < -0.39 is 54.0 Å². The van der Waals surface area contributed by atoms with Gasteiger partial charge in [0, 0.05) is 16.7 Å². The third-order valence-corrected chi connectivity index (χ3v) is 6.35. The summed E-state index contributed by atoms with van der Waals surface area (Å²) in [5, 5.41) is 1.58. The Balaban J connectivity index is 2.71. The Hall–Kier alpha value is -4.41.